The van der Waals surface area contributed by atoms with Gasteiger partial charge >= 0.3 is 0 Å². The lowest BCUT2D eigenvalue weighted by Gasteiger charge is -2.22. The van der Waals surface area contributed by atoms with Gasteiger partial charge in [-0.25, -0.2) is 0 Å². The molecule has 1 fully saturated rings. The van der Waals surface area contributed by atoms with Crippen molar-refractivity contribution in [1.82, 2.24) is 10.3 Å². The Hall–Kier alpha value is -1.17. The van der Waals surface area contributed by atoms with E-state index in [9.17, 15) is 0 Å². The Balaban J connectivity index is 2.03. The van der Waals surface area contributed by atoms with Gasteiger partial charge in [0.2, 0.25) is 0 Å². The van der Waals surface area contributed by atoms with Gasteiger partial charge in [0.25, 0.3) is 0 Å². The molecule has 118 valence electrons. The monoisotopic (exact) mass is 294 g/mol. The lowest BCUT2D eigenvalue weighted by atomic mass is 10.1. The first-order valence-electron chi connectivity index (χ1n) is 7.87. The zero-order chi connectivity index (χ0) is 14.9. The summed E-state index contributed by atoms with van der Waals surface area (Å²) < 4.78 is 16.8. The summed E-state index contributed by atoms with van der Waals surface area (Å²) in [7, 11) is 0. The van der Waals surface area contributed by atoms with E-state index >= 15 is 0 Å². The molecule has 5 nitrogen and oxygen atoms in total. The number of aromatic nitrogens is 1. The third-order valence-corrected chi connectivity index (χ3v) is 3.37. The molecule has 0 bridgehead atoms. The summed E-state index contributed by atoms with van der Waals surface area (Å²) in [6.07, 6.45) is 6.39. The largest absolute Gasteiger partial charge is 0.492 e. The van der Waals surface area contributed by atoms with Crippen LogP contribution in [0.25, 0.3) is 0 Å². The molecule has 0 radical (unpaired) electrons. The fraction of sp³-hybridized carbons (Fsp3) is 0.688. The molecule has 21 heavy (non-hydrogen) atoms. The Labute approximate surface area is 127 Å². The Morgan fingerprint density at radius 3 is 2.81 bits per heavy atom. The van der Waals surface area contributed by atoms with Gasteiger partial charge in [-0.05, 0) is 31.0 Å². The van der Waals surface area contributed by atoms with Gasteiger partial charge in [-0.2, -0.15) is 0 Å². The van der Waals surface area contributed by atoms with Crippen LogP contribution >= 0.6 is 0 Å². The van der Waals surface area contributed by atoms with E-state index < -0.39 is 0 Å². The molecule has 2 rings (SSSR count). The predicted octanol–water partition coefficient (Wildman–Crippen LogP) is 2.67. The number of rotatable bonds is 9. The van der Waals surface area contributed by atoms with Crippen LogP contribution in [0.5, 0.6) is 5.75 Å². The second-order valence-corrected chi connectivity index (χ2v) is 5.22. The van der Waals surface area contributed by atoms with Crippen molar-refractivity contribution >= 4 is 0 Å². The first-order chi connectivity index (χ1) is 10.3. The van der Waals surface area contributed by atoms with Gasteiger partial charge in [0.15, 0.2) is 6.29 Å². The molecule has 0 aromatic carbocycles. The molecule has 1 aliphatic heterocycles. The quantitative estimate of drug-likeness (QED) is 0.759. The minimum Gasteiger partial charge on any atom is -0.492 e. The standard InChI is InChI=1S/C16H26N2O3/c1-3-5-18-15(10-16-20-7-8-21-16)13-9-14(12-17-11-13)19-6-4-2/h9,11-12,15-16,18H,3-8,10H2,1-2H3. The smallest absolute Gasteiger partial charge is 0.159 e. The molecular formula is C16H26N2O3. The maximum absolute atomic E-state index is 5.67. The van der Waals surface area contributed by atoms with E-state index in [0.29, 0.717) is 19.8 Å². The first kappa shape index (κ1) is 16.2. The Morgan fingerprint density at radius 1 is 1.29 bits per heavy atom. The number of nitrogens with one attached hydrogen (secondary N) is 1. The average molecular weight is 294 g/mol. The maximum atomic E-state index is 5.67. The maximum Gasteiger partial charge on any atom is 0.159 e. The number of hydrogen-bond donors (Lipinski definition) is 1. The summed E-state index contributed by atoms with van der Waals surface area (Å²) >= 11 is 0. The van der Waals surface area contributed by atoms with E-state index in [1.807, 2.05) is 6.20 Å². The van der Waals surface area contributed by atoms with Gasteiger partial charge in [-0.15, -0.1) is 0 Å². The van der Waals surface area contributed by atoms with Gasteiger partial charge in [0.05, 0.1) is 26.0 Å². The SMILES string of the molecule is CCCNC(CC1OCCO1)c1cncc(OCCC)c1. The van der Waals surface area contributed by atoms with Crippen molar-refractivity contribution in [2.75, 3.05) is 26.4 Å². The van der Waals surface area contributed by atoms with E-state index in [2.05, 4.69) is 30.2 Å². The van der Waals surface area contributed by atoms with Crippen LogP contribution < -0.4 is 10.1 Å². The van der Waals surface area contributed by atoms with Crippen LogP contribution in [0.3, 0.4) is 0 Å². The van der Waals surface area contributed by atoms with E-state index in [0.717, 1.165) is 37.1 Å². The van der Waals surface area contributed by atoms with Crippen LogP contribution in [0.15, 0.2) is 18.5 Å². The highest BCUT2D eigenvalue weighted by Gasteiger charge is 2.22. The molecule has 1 atom stereocenters. The van der Waals surface area contributed by atoms with Crippen molar-refractivity contribution < 1.29 is 14.2 Å². The molecule has 0 saturated carbocycles. The predicted molar refractivity (Wildman–Crippen MR) is 81.4 cm³/mol. The summed E-state index contributed by atoms with van der Waals surface area (Å²) in [4.78, 5) is 4.29. The summed E-state index contributed by atoms with van der Waals surface area (Å²) in [5.41, 5.74) is 1.12. The minimum atomic E-state index is -0.125. The van der Waals surface area contributed by atoms with Crippen LogP contribution in [-0.4, -0.2) is 37.6 Å². The van der Waals surface area contributed by atoms with E-state index in [1.54, 1.807) is 6.20 Å². The van der Waals surface area contributed by atoms with Crippen molar-refractivity contribution in [2.24, 2.45) is 0 Å². The molecule has 1 aromatic heterocycles. The van der Waals surface area contributed by atoms with Crippen LogP contribution in [0.2, 0.25) is 0 Å². The van der Waals surface area contributed by atoms with E-state index in [-0.39, 0.29) is 12.3 Å². The van der Waals surface area contributed by atoms with Crippen molar-refractivity contribution in [1.29, 1.82) is 0 Å². The second-order valence-electron chi connectivity index (χ2n) is 5.22. The molecule has 2 heterocycles. The van der Waals surface area contributed by atoms with Crippen LogP contribution in [0.4, 0.5) is 0 Å². The fourth-order valence-electron chi connectivity index (χ4n) is 2.32. The fourth-order valence-corrected chi connectivity index (χ4v) is 2.32. The van der Waals surface area contributed by atoms with Crippen molar-refractivity contribution in [3.8, 4) is 5.75 Å². The van der Waals surface area contributed by atoms with Gasteiger partial charge < -0.3 is 19.5 Å². The molecular weight excluding hydrogens is 268 g/mol. The van der Waals surface area contributed by atoms with Crippen LogP contribution in [-0.2, 0) is 9.47 Å². The number of pyridine rings is 1. The Bertz CT molecular complexity index is 408. The number of hydrogen-bond acceptors (Lipinski definition) is 5. The summed E-state index contributed by atoms with van der Waals surface area (Å²) in [5.74, 6) is 0.825. The molecule has 1 aliphatic rings. The number of nitrogens with zero attached hydrogens (tertiary/aromatic N) is 1. The van der Waals surface area contributed by atoms with Crippen LogP contribution in [0, 0.1) is 0 Å². The highest BCUT2D eigenvalue weighted by Crippen LogP contribution is 2.24. The topological polar surface area (TPSA) is 52.6 Å². The van der Waals surface area contributed by atoms with Crippen LogP contribution in [0.1, 0.15) is 44.7 Å². The number of ether oxygens (including phenoxy) is 3. The normalized spacial score (nSPS) is 17.0. The van der Waals surface area contributed by atoms with Crippen molar-refractivity contribution in [3.05, 3.63) is 24.0 Å². The molecule has 1 unspecified atom stereocenters. The summed E-state index contributed by atoms with van der Waals surface area (Å²) in [6.45, 7) is 7.29. The Morgan fingerprint density at radius 2 is 2.10 bits per heavy atom. The van der Waals surface area contributed by atoms with Gasteiger partial charge in [-0.1, -0.05) is 13.8 Å². The highest BCUT2D eigenvalue weighted by molar-refractivity contribution is 5.26. The molecule has 1 aromatic rings. The first-order valence-corrected chi connectivity index (χ1v) is 7.87. The van der Waals surface area contributed by atoms with Crippen molar-refractivity contribution in [3.63, 3.8) is 0 Å². The zero-order valence-corrected chi connectivity index (χ0v) is 13.0. The molecule has 1 N–H and O–H groups in total. The molecule has 0 amide bonds. The molecule has 1 saturated heterocycles. The molecule has 0 spiro atoms. The highest BCUT2D eigenvalue weighted by atomic mass is 16.7. The minimum absolute atomic E-state index is 0.125. The lowest BCUT2D eigenvalue weighted by molar-refractivity contribution is -0.0530. The van der Waals surface area contributed by atoms with Gasteiger partial charge in [0.1, 0.15) is 5.75 Å². The third-order valence-electron chi connectivity index (χ3n) is 3.37. The molecule has 0 aliphatic carbocycles. The second kappa shape index (κ2) is 8.97. The average Bonchev–Trinajstić information content (AvgIpc) is 3.02. The molecule has 5 heteroatoms. The summed E-state index contributed by atoms with van der Waals surface area (Å²) in [6, 6.07) is 2.23. The lowest BCUT2D eigenvalue weighted by Crippen LogP contribution is -2.27. The zero-order valence-electron chi connectivity index (χ0n) is 13.0. The van der Waals surface area contributed by atoms with Crippen molar-refractivity contribution in [2.45, 2.75) is 45.4 Å². The Kier molecular flexibility index (Phi) is 6.92. The third kappa shape index (κ3) is 5.26. The van der Waals surface area contributed by atoms with E-state index in [1.165, 1.54) is 0 Å². The summed E-state index contributed by atoms with van der Waals surface area (Å²) in [5, 5.41) is 3.54. The van der Waals surface area contributed by atoms with Gasteiger partial charge in [0, 0.05) is 18.7 Å². The van der Waals surface area contributed by atoms with Gasteiger partial charge in [-0.3, -0.25) is 4.98 Å². The van der Waals surface area contributed by atoms with E-state index in [4.69, 9.17) is 14.2 Å².